The number of carbonyl (C=O) groups is 8. The molecule has 0 aromatic heterocycles. The van der Waals surface area contributed by atoms with Crippen molar-refractivity contribution in [2.45, 2.75) is 63.9 Å². The molecule has 0 saturated heterocycles. The summed E-state index contributed by atoms with van der Waals surface area (Å²) in [5.74, 6) is -10.3. The molecule has 0 bridgehead atoms. The average molecular weight is 793 g/mol. The van der Waals surface area contributed by atoms with Crippen LogP contribution in [0.2, 0.25) is 0 Å². The van der Waals surface area contributed by atoms with E-state index in [-0.39, 0.29) is 33.8 Å². The number of nitrogens with two attached hydrogens (primary N) is 2. The van der Waals surface area contributed by atoms with Crippen LogP contribution < -0.4 is 32.7 Å². The monoisotopic (exact) mass is 792 g/mol. The average Bonchev–Trinajstić information content (AvgIpc) is 3.11. The lowest BCUT2D eigenvalue weighted by atomic mass is 10.0. The minimum atomic E-state index is -1.43. The Hall–Kier alpha value is -5.18. The number of hydrogen-bond acceptors (Lipinski definition) is 12. The molecule has 6 atom stereocenters. The van der Waals surface area contributed by atoms with E-state index in [1.54, 1.807) is 27.7 Å². The Morgan fingerprint density at radius 1 is 0.556 bits per heavy atom. The summed E-state index contributed by atoms with van der Waals surface area (Å²) in [5.41, 5.74) is 12.2. The highest BCUT2D eigenvalue weighted by molar-refractivity contribution is 8.76. The molecule has 0 aliphatic carbocycles. The van der Waals surface area contributed by atoms with Gasteiger partial charge in [0.15, 0.2) is 0 Å². The van der Waals surface area contributed by atoms with E-state index in [2.05, 4.69) is 21.3 Å². The van der Waals surface area contributed by atoms with Crippen LogP contribution in [-0.2, 0) is 28.8 Å². The normalized spacial score (nSPS) is 14.4. The van der Waals surface area contributed by atoms with Crippen molar-refractivity contribution >= 4 is 69.1 Å². The third kappa shape index (κ3) is 13.3. The Labute approximate surface area is 318 Å². The van der Waals surface area contributed by atoms with Gasteiger partial charge in [-0.25, -0.2) is 19.2 Å². The second-order valence-corrected chi connectivity index (χ2v) is 15.2. The predicted octanol–water partition coefficient (Wildman–Crippen LogP) is 0.585. The van der Waals surface area contributed by atoms with Gasteiger partial charge < -0.3 is 53.2 Å². The van der Waals surface area contributed by atoms with Crippen LogP contribution in [0.1, 0.15) is 71.6 Å². The molecule has 54 heavy (non-hydrogen) atoms. The van der Waals surface area contributed by atoms with E-state index in [4.69, 9.17) is 11.5 Å². The number of carbonyl (C=O) groups excluding carboxylic acids is 4. The first-order valence-corrected chi connectivity index (χ1v) is 18.8. The number of aliphatic carboxylic acids is 2. The summed E-state index contributed by atoms with van der Waals surface area (Å²) in [7, 11) is 1.87. The van der Waals surface area contributed by atoms with E-state index < -0.39 is 95.6 Å². The van der Waals surface area contributed by atoms with Crippen molar-refractivity contribution in [1.82, 2.24) is 21.3 Å². The summed E-state index contributed by atoms with van der Waals surface area (Å²) < 4.78 is 0. The molecular formula is C34H44N6O12S2. The SMILES string of the molecule is CC(C)[C@@H](NC(=O)[C@H](CSSC[C@H](NC(=O)C(N)c1cccc(C(=O)O)c1)C(=O)N[C@@H](C(=O)O)C(C)C)NC(=O)C(N)c1cccc(C(=O)O)c1)C(=O)O. The smallest absolute Gasteiger partial charge is 0.335 e. The number of benzene rings is 2. The maximum absolute atomic E-state index is 13.3. The number of nitrogens with one attached hydrogen (secondary N) is 4. The largest absolute Gasteiger partial charge is 0.480 e. The Morgan fingerprint density at radius 3 is 1.17 bits per heavy atom. The predicted molar refractivity (Wildman–Crippen MR) is 198 cm³/mol. The van der Waals surface area contributed by atoms with Crippen molar-refractivity contribution in [2.24, 2.45) is 23.3 Å². The molecular weight excluding hydrogens is 749 g/mol. The van der Waals surface area contributed by atoms with Crippen molar-refractivity contribution in [3.8, 4) is 0 Å². The van der Waals surface area contributed by atoms with Crippen LogP contribution in [0.3, 0.4) is 0 Å². The topological polar surface area (TPSA) is 318 Å². The number of rotatable bonds is 21. The lowest BCUT2D eigenvalue weighted by Crippen LogP contribution is -2.55. The molecule has 0 heterocycles. The maximum atomic E-state index is 13.3. The van der Waals surface area contributed by atoms with E-state index >= 15 is 0 Å². The van der Waals surface area contributed by atoms with Crippen LogP contribution in [0.15, 0.2) is 48.5 Å². The van der Waals surface area contributed by atoms with Gasteiger partial charge in [-0.15, -0.1) is 0 Å². The summed E-state index contributed by atoms with van der Waals surface area (Å²) in [6.07, 6.45) is 0. The molecule has 294 valence electrons. The summed E-state index contributed by atoms with van der Waals surface area (Å²) in [4.78, 5) is 99.6. The molecule has 4 amide bonds. The second-order valence-electron chi connectivity index (χ2n) is 12.6. The molecule has 2 aromatic carbocycles. The van der Waals surface area contributed by atoms with E-state index in [0.29, 0.717) is 0 Å². The van der Waals surface area contributed by atoms with Gasteiger partial charge in [-0.1, -0.05) is 73.5 Å². The first-order valence-electron chi connectivity index (χ1n) is 16.3. The van der Waals surface area contributed by atoms with Gasteiger partial charge in [0.2, 0.25) is 23.6 Å². The summed E-state index contributed by atoms with van der Waals surface area (Å²) in [5, 5.41) is 47.6. The highest BCUT2D eigenvalue weighted by atomic mass is 33.1. The van der Waals surface area contributed by atoms with E-state index in [0.717, 1.165) is 21.6 Å². The van der Waals surface area contributed by atoms with Crippen LogP contribution >= 0.6 is 21.6 Å². The van der Waals surface area contributed by atoms with Crippen LogP contribution in [0.5, 0.6) is 0 Å². The van der Waals surface area contributed by atoms with Gasteiger partial charge in [0.25, 0.3) is 0 Å². The zero-order valence-electron chi connectivity index (χ0n) is 29.7. The highest BCUT2D eigenvalue weighted by Crippen LogP contribution is 2.25. The van der Waals surface area contributed by atoms with Gasteiger partial charge in [-0.05, 0) is 47.2 Å². The second kappa shape index (κ2) is 20.9. The van der Waals surface area contributed by atoms with Crippen molar-refractivity contribution in [1.29, 1.82) is 0 Å². The maximum Gasteiger partial charge on any atom is 0.335 e. The number of aromatic carboxylic acids is 2. The Bertz CT molecular complexity index is 1600. The van der Waals surface area contributed by atoms with E-state index in [1.807, 2.05) is 0 Å². The van der Waals surface area contributed by atoms with Gasteiger partial charge in [0.05, 0.1) is 11.1 Å². The number of amides is 4. The first kappa shape index (κ1) is 45.0. The summed E-state index contributed by atoms with van der Waals surface area (Å²) >= 11 is 0. The minimum absolute atomic E-state index is 0.123. The fourth-order valence-corrected chi connectivity index (χ4v) is 7.02. The van der Waals surface area contributed by atoms with Crippen molar-refractivity contribution in [2.75, 3.05) is 11.5 Å². The van der Waals surface area contributed by atoms with Gasteiger partial charge >= 0.3 is 23.9 Å². The van der Waals surface area contributed by atoms with Crippen LogP contribution in [0, 0.1) is 11.8 Å². The zero-order valence-corrected chi connectivity index (χ0v) is 31.3. The molecule has 0 saturated carbocycles. The fourth-order valence-electron chi connectivity index (χ4n) is 4.69. The molecule has 0 radical (unpaired) electrons. The van der Waals surface area contributed by atoms with Crippen molar-refractivity contribution in [3.05, 3.63) is 70.8 Å². The standard InChI is InChI=1S/C34H44N6O12S2/c1-15(2)25(33(49)50)39-27(41)21(37-29(43)23(35)17-7-5-9-19(11-17)31(45)46)13-53-54-14-22(28(42)40-26(16(3)4)34(51)52)38-30(44)24(36)18-8-6-10-20(12-18)32(47)48/h5-12,15-16,21-26H,13-14,35-36H2,1-4H3,(H,37,43)(H,38,44)(H,39,41)(H,40,42)(H,45,46)(H,47,48)(H,49,50)(H,51,52)/t21-,22-,23?,24?,25+,26+/m0/s1. The fraction of sp³-hybridized carbons (Fsp3) is 0.412. The van der Waals surface area contributed by atoms with Crippen molar-refractivity contribution < 1.29 is 58.8 Å². The molecule has 0 aliphatic heterocycles. The third-order valence-corrected chi connectivity index (χ3v) is 10.3. The highest BCUT2D eigenvalue weighted by Gasteiger charge is 2.32. The van der Waals surface area contributed by atoms with Crippen LogP contribution in [-0.4, -0.2) is 104 Å². The van der Waals surface area contributed by atoms with Crippen LogP contribution in [0.4, 0.5) is 0 Å². The molecule has 12 N–H and O–H groups in total. The Balaban J connectivity index is 2.30. The molecule has 2 rings (SSSR count). The van der Waals surface area contributed by atoms with Gasteiger partial charge in [-0.3, -0.25) is 19.2 Å². The Morgan fingerprint density at radius 2 is 0.889 bits per heavy atom. The minimum Gasteiger partial charge on any atom is -0.480 e. The molecule has 20 heteroatoms. The molecule has 0 aliphatic rings. The van der Waals surface area contributed by atoms with E-state index in [9.17, 15) is 58.8 Å². The van der Waals surface area contributed by atoms with Gasteiger partial charge in [-0.2, -0.15) is 0 Å². The summed E-state index contributed by atoms with van der Waals surface area (Å²) in [6.45, 7) is 6.24. The Kier molecular flexibility index (Phi) is 17.4. The lowest BCUT2D eigenvalue weighted by Gasteiger charge is -2.25. The van der Waals surface area contributed by atoms with Crippen molar-refractivity contribution in [3.63, 3.8) is 0 Å². The zero-order chi connectivity index (χ0) is 40.9. The number of carboxylic acid groups (broad SMARTS) is 4. The molecule has 2 unspecified atom stereocenters. The van der Waals surface area contributed by atoms with Crippen LogP contribution in [0.25, 0.3) is 0 Å². The molecule has 0 spiro atoms. The van der Waals surface area contributed by atoms with E-state index in [1.165, 1.54) is 48.5 Å². The number of carboxylic acids is 4. The molecule has 0 fully saturated rings. The lowest BCUT2D eigenvalue weighted by molar-refractivity contribution is -0.143. The van der Waals surface area contributed by atoms with Gasteiger partial charge in [0.1, 0.15) is 36.3 Å². The number of hydrogen-bond donors (Lipinski definition) is 10. The van der Waals surface area contributed by atoms with Gasteiger partial charge in [0, 0.05) is 11.5 Å². The molecule has 18 nitrogen and oxygen atoms in total. The summed E-state index contributed by atoms with van der Waals surface area (Å²) in [6, 6.07) is 2.24. The third-order valence-electron chi connectivity index (χ3n) is 7.83. The first-order chi connectivity index (χ1) is 25.2. The quantitative estimate of drug-likeness (QED) is 0.0611. The molecule has 2 aromatic rings.